The van der Waals surface area contributed by atoms with E-state index in [1.807, 2.05) is 6.92 Å². The molecular formula is C11H13ClO5S. The first-order valence-electron chi connectivity index (χ1n) is 5.20. The third-order valence-corrected chi connectivity index (χ3v) is 3.47. The lowest BCUT2D eigenvalue weighted by molar-refractivity contribution is 0.0596. The predicted octanol–water partition coefficient (Wildman–Crippen LogP) is 2.19. The van der Waals surface area contributed by atoms with E-state index in [0.717, 1.165) is 13.5 Å². The van der Waals surface area contributed by atoms with Gasteiger partial charge in [0, 0.05) is 10.7 Å². The van der Waals surface area contributed by atoms with Crippen LogP contribution in [0.5, 0.6) is 5.75 Å². The zero-order chi connectivity index (χ0) is 13.8. The highest BCUT2D eigenvalue weighted by molar-refractivity contribution is 8.13. The van der Waals surface area contributed by atoms with Crippen molar-refractivity contribution in [3.63, 3.8) is 0 Å². The van der Waals surface area contributed by atoms with Crippen molar-refractivity contribution in [2.24, 2.45) is 0 Å². The van der Waals surface area contributed by atoms with Gasteiger partial charge in [0.25, 0.3) is 9.05 Å². The molecule has 0 N–H and O–H groups in total. The fourth-order valence-electron chi connectivity index (χ4n) is 1.30. The quantitative estimate of drug-likeness (QED) is 0.614. The molecule has 0 amide bonds. The number of methoxy groups -OCH3 is 1. The van der Waals surface area contributed by atoms with Gasteiger partial charge in [-0.2, -0.15) is 0 Å². The molecule has 0 unspecified atom stereocenters. The lowest BCUT2D eigenvalue weighted by Gasteiger charge is -2.09. The Kier molecular flexibility index (Phi) is 4.98. The molecule has 0 aromatic heterocycles. The van der Waals surface area contributed by atoms with Crippen LogP contribution in [0.2, 0.25) is 0 Å². The van der Waals surface area contributed by atoms with E-state index < -0.39 is 15.0 Å². The van der Waals surface area contributed by atoms with Crippen molar-refractivity contribution in [3.8, 4) is 5.75 Å². The fourth-order valence-corrected chi connectivity index (χ4v) is 2.34. The fraction of sp³-hybridized carbons (Fsp3) is 0.364. The highest BCUT2D eigenvalue weighted by Gasteiger charge is 2.21. The van der Waals surface area contributed by atoms with Gasteiger partial charge in [0.1, 0.15) is 5.75 Å². The van der Waals surface area contributed by atoms with Crippen molar-refractivity contribution < 1.29 is 22.7 Å². The van der Waals surface area contributed by atoms with E-state index in [-0.39, 0.29) is 10.5 Å². The highest BCUT2D eigenvalue weighted by Crippen LogP contribution is 2.25. The third-order valence-electron chi connectivity index (χ3n) is 2.09. The standard InChI is InChI=1S/C11H13ClO5S/c1-3-6-17-8-4-5-10(18(12,14)15)9(7-8)11(13)16-2/h4-5,7H,3,6H2,1-2H3. The van der Waals surface area contributed by atoms with Crippen LogP contribution in [0, 0.1) is 0 Å². The second-order valence-corrected chi connectivity index (χ2v) is 5.97. The topological polar surface area (TPSA) is 69.7 Å². The molecule has 0 atom stereocenters. The first-order valence-corrected chi connectivity index (χ1v) is 7.51. The molecule has 0 aliphatic rings. The van der Waals surface area contributed by atoms with Crippen molar-refractivity contribution in [2.75, 3.05) is 13.7 Å². The number of carbonyl (C=O) groups is 1. The van der Waals surface area contributed by atoms with Crippen molar-refractivity contribution in [1.82, 2.24) is 0 Å². The van der Waals surface area contributed by atoms with Crippen LogP contribution in [0.4, 0.5) is 0 Å². The summed E-state index contributed by atoms with van der Waals surface area (Å²) in [5.74, 6) is -0.391. The van der Waals surface area contributed by atoms with Gasteiger partial charge < -0.3 is 9.47 Å². The zero-order valence-corrected chi connectivity index (χ0v) is 11.5. The molecule has 100 valence electrons. The molecule has 1 aromatic rings. The monoisotopic (exact) mass is 292 g/mol. The Hall–Kier alpha value is -1.27. The Morgan fingerprint density at radius 1 is 1.39 bits per heavy atom. The third kappa shape index (κ3) is 3.61. The molecule has 0 saturated carbocycles. The summed E-state index contributed by atoms with van der Waals surface area (Å²) in [5.41, 5.74) is -0.138. The molecule has 0 fully saturated rings. The number of hydrogen-bond acceptors (Lipinski definition) is 5. The van der Waals surface area contributed by atoms with E-state index in [1.165, 1.54) is 18.2 Å². The lowest BCUT2D eigenvalue weighted by Crippen LogP contribution is -2.08. The number of esters is 1. The maximum Gasteiger partial charge on any atom is 0.339 e. The van der Waals surface area contributed by atoms with E-state index in [2.05, 4.69) is 4.74 Å². The van der Waals surface area contributed by atoms with Gasteiger partial charge in [-0.05, 0) is 24.6 Å². The second-order valence-electron chi connectivity index (χ2n) is 3.44. The van der Waals surface area contributed by atoms with E-state index in [9.17, 15) is 13.2 Å². The van der Waals surface area contributed by atoms with Crippen LogP contribution < -0.4 is 4.74 Å². The number of benzene rings is 1. The van der Waals surface area contributed by atoms with E-state index in [4.69, 9.17) is 15.4 Å². The molecule has 0 heterocycles. The number of halogens is 1. The van der Waals surface area contributed by atoms with Crippen LogP contribution in [0.3, 0.4) is 0 Å². The molecule has 0 aliphatic carbocycles. The minimum Gasteiger partial charge on any atom is -0.494 e. The molecule has 18 heavy (non-hydrogen) atoms. The summed E-state index contributed by atoms with van der Waals surface area (Å²) in [6.45, 7) is 2.40. The number of ether oxygens (including phenoxy) is 2. The maximum absolute atomic E-state index is 11.5. The van der Waals surface area contributed by atoms with Crippen molar-refractivity contribution in [2.45, 2.75) is 18.2 Å². The van der Waals surface area contributed by atoms with Gasteiger partial charge in [-0.3, -0.25) is 0 Å². The summed E-state index contributed by atoms with van der Waals surface area (Å²) in [4.78, 5) is 11.2. The molecule has 7 heteroatoms. The summed E-state index contributed by atoms with van der Waals surface area (Å²) in [6, 6.07) is 3.97. The Labute approximate surface area is 110 Å². The summed E-state index contributed by atoms with van der Waals surface area (Å²) in [7, 11) is 2.39. The average Bonchev–Trinajstić information content (AvgIpc) is 2.33. The molecule has 1 rings (SSSR count). The van der Waals surface area contributed by atoms with Gasteiger partial charge in [-0.25, -0.2) is 13.2 Å². The van der Waals surface area contributed by atoms with Crippen LogP contribution in [0.15, 0.2) is 23.1 Å². The van der Waals surface area contributed by atoms with Crippen molar-refractivity contribution >= 4 is 25.7 Å². The SMILES string of the molecule is CCCOc1ccc(S(=O)(=O)Cl)c(C(=O)OC)c1. The molecule has 0 saturated heterocycles. The van der Waals surface area contributed by atoms with Crippen molar-refractivity contribution in [3.05, 3.63) is 23.8 Å². The van der Waals surface area contributed by atoms with E-state index in [0.29, 0.717) is 12.4 Å². The molecule has 0 aliphatic heterocycles. The van der Waals surface area contributed by atoms with Gasteiger partial charge in [0.05, 0.1) is 24.2 Å². The molecule has 0 spiro atoms. The van der Waals surface area contributed by atoms with Gasteiger partial charge >= 0.3 is 5.97 Å². The van der Waals surface area contributed by atoms with Crippen LogP contribution >= 0.6 is 10.7 Å². The van der Waals surface area contributed by atoms with Gasteiger partial charge in [-0.1, -0.05) is 6.92 Å². The molecular weight excluding hydrogens is 280 g/mol. The maximum atomic E-state index is 11.5. The average molecular weight is 293 g/mol. The minimum absolute atomic E-state index is 0.138. The summed E-state index contributed by atoms with van der Waals surface area (Å²) >= 11 is 0. The minimum atomic E-state index is -4.01. The Balaban J connectivity index is 3.25. The number of rotatable bonds is 5. The van der Waals surface area contributed by atoms with Crippen LogP contribution in [-0.4, -0.2) is 28.1 Å². The van der Waals surface area contributed by atoms with Crippen LogP contribution in [0.25, 0.3) is 0 Å². The van der Waals surface area contributed by atoms with E-state index >= 15 is 0 Å². The molecule has 0 bridgehead atoms. The zero-order valence-electron chi connectivity index (χ0n) is 9.97. The smallest absolute Gasteiger partial charge is 0.339 e. The first kappa shape index (κ1) is 14.8. The van der Waals surface area contributed by atoms with Gasteiger partial charge in [0.2, 0.25) is 0 Å². The lowest BCUT2D eigenvalue weighted by atomic mass is 10.2. The first-order chi connectivity index (χ1) is 8.40. The van der Waals surface area contributed by atoms with Crippen LogP contribution in [0.1, 0.15) is 23.7 Å². The molecule has 5 nitrogen and oxygen atoms in total. The summed E-state index contributed by atoms with van der Waals surface area (Å²) in [5, 5.41) is 0. The molecule has 0 radical (unpaired) electrons. The normalized spacial score (nSPS) is 11.1. The summed E-state index contributed by atoms with van der Waals surface area (Å²) in [6.07, 6.45) is 0.795. The predicted molar refractivity (Wildman–Crippen MR) is 66.6 cm³/mol. The Bertz CT molecular complexity index is 538. The summed E-state index contributed by atoms with van der Waals surface area (Å²) < 4.78 is 32.5. The number of carbonyl (C=O) groups excluding carboxylic acids is 1. The van der Waals surface area contributed by atoms with Crippen molar-refractivity contribution in [1.29, 1.82) is 0 Å². The largest absolute Gasteiger partial charge is 0.494 e. The highest BCUT2D eigenvalue weighted by atomic mass is 35.7. The van der Waals surface area contributed by atoms with E-state index in [1.54, 1.807) is 0 Å². The Morgan fingerprint density at radius 3 is 2.56 bits per heavy atom. The van der Waals surface area contributed by atoms with Gasteiger partial charge in [0.15, 0.2) is 0 Å². The number of hydrogen-bond donors (Lipinski definition) is 0. The second kappa shape index (κ2) is 6.06. The van der Waals surface area contributed by atoms with Gasteiger partial charge in [-0.15, -0.1) is 0 Å². The molecule has 1 aromatic carbocycles. The van der Waals surface area contributed by atoms with Crippen LogP contribution in [-0.2, 0) is 13.8 Å². The Morgan fingerprint density at radius 2 is 2.06 bits per heavy atom.